The van der Waals surface area contributed by atoms with E-state index in [2.05, 4.69) is 20.4 Å². The van der Waals surface area contributed by atoms with Crippen molar-refractivity contribution < 1.29 is 13.5 Å². The summed E-state index contributed by atoms with van der Waals surface area (Å²) in [4.78, 5) is 7.13. The number of benzene rings is 1. The second kappa shape index (κ2) is 8.87. The third-order valence-electron chi connectivity index (χ3n) is 5.78. The van der Waals surface area contributed by atoms with Crippen molar-refractivity contribution in [3.8, 4) is 0 Å². The maximum absolute atomic E-state index is 13.8. The molecule has 4 aromatic rings. The van der Waals surface area contributed by atoms with Crippen LogP contribution in [0.4, 0.5) is 20.4 Å². The molecule has 5 rings (SSSR count). The molecule has 33 heavy (non-hydrogen) atoms. The van der Waals surface area contributed by atoms with Gasteiger partial charge in [-0.3, -0.25) is 10.00 Å². The van der Waals surface area contributed by atoms with Gasteiger partial charge < -0.3 is 10.1 Å². The summed E-state index contributed by atoms with van der Waals surface area (Å²) < 4.78 is 34.5. The zero-order chi connectivity index (χ0) is 22.9. The summed E-state index contributed by atoms with van der Waals surface area (Å²) in [7, 11) is 0. The van der Waals surface area contributed by atoms with E-state index in [1.165, 1.54) is 6.07 Å². The van der Waals surface area contributed by atoms with Crippen LogP contribution in [0.15, 0.2) is 30.3 Å². The molecule has 0 atom stereocenters. The van der Waals surface area contributed by atoms with Crippen LogP contribution in [0.2, 0.25) is 0 Å². The fraction of sp³-hybridized carbons (Fsp3) is 0.348. The number of aryl methyl sites for hydroxylation is 2. The Labute approximate surface area is 189 Å². The molecule has 0 unspecified atom stereocenters. The summed E-state index contributed by atoms with van der Waals surface area (Å²) in [6, 6.07) is 7.83. The molecule has 0 spiro atoms. The van der Waals surface area contributed by atoms with Crippen LogP contribution in [0.1, 0.15) is 28.2 Å². The van der Waals surface area contributed by atoms with Gasteiger partial charge in [-0.2, -0.15) is 10.2 Å². The zero-order valence-electron chi connectivity index (χ0n) is 18.5. The Morgan fingerprint density at radius 3 is 2.61 bits per heavy atom. The van der Waals surface area contributed by atoms with E-state index in [4.69, 9.17) is 14.8 Å². The molecule has 1 aliphatic rings. The largest absolute Gasteiger partial charge is 0.379 e. The first-order valence-corrected chi connectivity index (χ1v) is 10.9. The fourth-order valence-corrected chi connectivity index (χ4v) is 4.07. The van der Waals surface area contributed by atoms with Gasteiger partial charge in [-0.05, 0) is 31.5 Å². The van der Waals surface area contributed by atoms with Gasteiger partial charge in [-0.25, -0.2) is 18.3 Å². The van der Waals surface area contributed by atoms with Crippen LogP contribution in [0.5, 0.6) is 0 Å². The number of fused-ring (bicyclic) bond motifs is 1. The van der Waals surface area contributed by atoms with Crippen LogP contribution in [-0.4, -0.2) is 56.0 Å². The third kappa shape index (κ3) is 4.57. The molecule has 0 aliphatic carbocycles. The SMILES string of the molecule is Cc1cc(Nc2cc(CN3CCOCC3)n3nc(C)c(Cc4ccc(F)c(F)c4)c3n2)n[nH]1. The van der Waals surface area contributed by atoms with Crippen LogP contribution in [0, 0.1) is 25.5 Å². The Morgan fingerprint density at radius 2 is 1.88 bits per heavy atom. The van der Waals surface area contributed by atoms with Gasteiger partial charge in [-0.15, -0.1) is 0 Å². The predicted octanol–water partition coefficient (Wildman–Crippen LogP) is 3.51. The molecule has 0 bridgehead atoms. The minimum absolute atomic E-state index is 0.390. The van der Waals surface area contributed by atoms with Crippen molar-refractivity contribution in [2.24, 2.45) is 0 Å². The maximum atomic E-state index is 13.8. The number of rotatable bonds is 6. The maximum Gasteiger partial charge on any atom is 0.161 e. The number of aromatic nitrogens is 5. The van der Waals surface area contributed by atoms with Gasteiger partial charge in [-0.1, -0.05) is 6.07 Å². The summed E-state index contributed by atoms with van der Waals surface area (Å²) in [6.07, 6.45) is 0.390. The molecule has 0 saturated carbocycles. The topological polar surface area (TPSA) is 83.4 Å². The molecule has 1 aliphatic heterocycles. The summed E-state index contributed by atoms with van der Waals surface area (Å²) in [5.74, 6) is -0.412. The van der Waals surface area contributed by atoms with E-state index in [9.17, 15) is 8.78 Å². The first-order valence-electron chi connectivity index (χ1n) is 10.9. The molecule has 2 N–H and O–H groups in total. The number of nitrogens with zero attached hydrogens (tertiary/aromatic N) is 5. The molecular weight excluding hydrogens is 428 g/mol. The van der Waals surface area contributed by atoms with Gasteiger partial charge in [0.1, 0.15) is 5.82 Å². The summed E-state index contributed by atoms with van der Waals surface area (Å²) >= 11 is 0. The lowest BCUT2D eigenvalue weighted by molar-refractivity contribution is 0.0334. The summed E-state index contributed by atoms with van der Waals surface area (Å²) in [6.45, 7) is 7.60. The van der Waals surface area contributed by atoms with E-state index < -0.39 is 11.6 Å². The van der Waals surface area contributed by atoms with E-state index in [1.807, 2.05) is 30.5 Å². The Hall–Kier alpha value is -3.37. The van der Waals surface area contributed by atoms with E-state index in [-0.39, 0.29) is 0 Å². The monoisotopic (exact) mass is 453 g/mol. The molecule has 1 saturated heterocycles. The predicted molar refractivity (Wildman–Crippen MR) is 120 cm³/mol. The van der Waals surface area contributed by atoms with Crippen molar-refractivity contribution >= 4 is 17.3 Å². The summed E-state index contributed by atoms with van der Waals surface area (Å²) in [5, 5.41) is 15.2. The lowest BCUT2D eigenvalue weighted by Crippen LogP contribution is -2.36. The lowest BCUT2D eigenvalue weighted by Gasteiger charge is -2.26. The molecule has 1 aromatic carbocycles. The minimum Gasteiger partial charge on any atom is -0.379 e. The first-order chi connectivity index (χ1) is 16.0. The van der Waals surface area contributed by atoms with E-state index in [0.29, 0.717) is 49.0 Å². The first kappa shape index (κ1) is 21.5. The normalized spacial score (nSPS) is 14.8. The molecule has 4 heterocycles. The van der Waals surface area contributed by atoms with Crippen LogP contribution < -0.4 is 5.32 Å². The number of hydrogen-bond acceptors (Lipinski definition) is 6. The highest BCUT2D eigenvalue weighted by molar-refractivity contribution is 5.60. The quantitative estimate of drug-likeness (QED) is 0.465. The minimum atomic E-state index is -0.862. The molecule has 8 nitrogen and oxygen atoms in total. The highest BCUT2D eigenvalue weighted by Gasteiger charge is 2.19. The molecule has 0 amide bonds. The number of H-pyrrole nitrogens is 1. The van der Waals surface area contributed by atoms with Gasteiger partial charge in [0.05, 0.1) is 24.6 Å². The number of aromatic amines is 1. The Kier molecular flexibility index (Phi) is 5.77. The smallest absolute Gasteiger partial charge is 0.161 e. The number of halogens is 2. The highest BCUT2D eigenvalue weighted by Crippen LogP contribution is 2.24. The second-order valence-corrected chi connectivity index (χ2v) is 8.31. The van der Waals surface area contributed by atoms with Gasteiger partial charge >= 0.3 is 0 Å². The zero-order valence-corrected chi connectivity index (χ0v) is 18.5. The Balaban J connectivity index is 1.56. The van der Waals surface area contributed by atoms with Crippen molar-refractivity contribution in [2.45, 2.75) is 26.8 Å². The summed E-state index contributed by atoms with van der Waals surface area (Å²) in [5.41, 5.74) is 4.90. The van der Waals surface area contributed by atoms with Gasteiger partial charge in [0.2, 0.25) is 0 Å². The van der Waals surface area contributed by atoms with Gasteiger partial charge in [0, 0.05) is 49.4 Å². The van der Waals surface area contributed by atoms with E-state index in [1.54, 1.807) is 6.07 Å². The number of nitrogens with one attached hydrogen (secondary N) is 2. The molecule has 10 heteroatoms. The van der Waals surface area contributed by atoms with Gasteiger partial charge in [0.15, 0.2) is 23.1 Å². The molecule has 3 aromatic heterocycles. The Bertz CT molecular complexity index is 1290. The highest BCUT2D eigenvalue weighted by atomic mass is 19.2. The molecule has 0 radical (unpaired) electrons. The number of hydrogen-bond donors (Lipinski definition) is 2. The molecule has 172 valence electrons. The average Bonchev–Trinajstić information content (AvgIpc) is 3.34. The lowest BCUT2D eigenvalue weighted by atomic mass is 10.1. The standard InChI is InChI=1S/C23H25F2N7O/c1-14-9-22(29-28-14)26-21-12-17(13-31-5-7-33-8-6-31)32-23(27-21)18(15(2)30-32)10-16-3-4-19(24)20(25)11-16/h3-4,9,11-12H,5-8,10,13H2,1-2H3,(H2,26,27,28,29). The van der Waals surface area contributed by atoms with E-state index in [0.717, 1.165) is 41.8 Å². The number of ether oxygens (including phenoxy) is 1. The number of morpholine rings is 1. The second-order valence-electron chi connectivity index (χ2n) is 8.31. The van der Waals surface area contributed by atoms with Crippen molar-refractivity contribution in [1.29, 1.82) is 0 Å². The van der Waals surface area contributed by atoms with Crippen molar-refractivity contribution in [2.75, 3.05) is 31.6 Å². The fourth-order valence-electron chi connectivity index (χ4n) is 4.07. The van der Waals surface area contributed by atoms with E-state index >= 15 is 0 Å². The van der Waals surface area contributed by atoms with Crippen LogP contribution in [0.3, 0.4) is 0 Å². The third-order valence-corrected chi connectivity index (χ3v) is 5.78. The van der Waals surface area contributed by atoms with Gasteiger partial charge in [0.25, 0.3) is 0 Å². The van der Waals surface area contributed by atoms with Crippen molar-refractivity contribution in [3.05, 3.63) is 70.2 Å². The number of anilines is 2. The molecular formula is C23H25F2N7O. The van der Waals surface area contributed by atoms with Crippen molar-refractivity contribution in [3.63, 3.8) is 0 Å². The van der Waals surface area contributed by atoms with Crippen molar-refractivity contribution in [1.82, 2.24) is 29.7 Å². The molecule has 1 fully saturated rings. The van der Waals surface area contributed by atoms with Crippen LogP contribution in [-0.2, 0) is 17.7 Å². The average molecular weight is 453 g/mol. The Morgan fingerprint density at radius 1 is 1.06 bits per heavy atom. The van der Waals surface area contributed by atoms with Crippen LogP contribution >= 0.6 is 0 Å². The van der Waals surface area contributed by atoms with Crippen LogP contribution in [0.25, 0.3) is 5.65 Å².